The molecule has 2 amide bonds. The van der Waals surface area contributed by atoms with Crippen LogP contribution in [-0.4, -0.2) is 52.0 Å². The SMILES string of the molecule is O=C(N[C@H](Cc1ccccc1Cl)[C@@H](O)C(=O)O)c1ccc(N2N=C(C(F)(F)F)CC2=O)cc1. The van der Waals surface area contributed by atoms with Crippen LogP contribution < -0.4 is 10.3 Å². The lowest BCUT2D eigenvalue weighted by Crippen LogP contribution is -2.48. The maximum absolute atomic E-state index is 12.8. The van der Waals surface area contributed by atoms with Crippen molar-refractivity contribution in [2.45, 2.75) is 31.2 Å². The molecule has 0 bridgehead atoms. The first-order valence-corrected chi connectivity index (χ1v) is 9.88. The van der Waals surface area contributed by atoms with Crippen molar-refractivity contribution in [2.75, 3.05) is 5.01 Å². The Hall–Kier alpha value is -3.44. The molecule has 1 heterocycles. The van der Waals surface area contributed by atoms with Crippen LogP contribution in [0.5, 0.6) is 0 Å². The van der Waals surface area contributed by atoms with Crippen LogP contribution in [-0.2, 0) is 16.0 Å². The smallest absolute Gasteiger partial charge is 0.431 e. The van der Waals surface area contributed by atoms with Gasteiger partial charge in [-0.1, -0.05) is 29.8 Å². The number of aliphatic carboxylic acids is 1. The maximum Gasteiger partial charge on any atom is 0.431 e. The first-order chi connectivity index (χ1) is 15.5. The monoisotopic (exact) mass is 483 g/mol. The summed E-state index contributed by atoms with van der Waals surface area (Å²) in [7, 11) is 0. The Balaban J connectivity index is 1.76. The van der Waals surface area contributed by atoms with Gasteiger partial charge in [0.15, 0.2) is 11.8 Å². The number of nitrogens with one attached hydrogen (secondary N) is 1. The van der Waals surface area contributed by atoms with Crippen LogP contribution >= 0.6 is 11.6 Å². The van der Waals surface area contributed by atoms with Gasteiger partial charge < -0.3 is 15.5 Å². The average Bonchev–Trinajstić information content (AvgIpc) is 3.16. The van der Waals surface area contributed by atoms with E-state index in [2.05, 4.69) is 10.4 Å². The van der Waals surface area contributed by atoms with Gasteiger partial charge in [0.25, 0.3) is 11.8 Å². The van der Waals surface area contributed by atoms with E-state index in [4.69, 9.17) is 11.6 Å². The second-order valence-corrected chi connectivity index (χ2v) is 7.54. The van der Waals surface area contributed by atoms with E-state index in [-0.39, 0.29) is 17.7 Å². The molecule has 0 unspecified atom stereocenters. The number of hydrogen-bond acceptors (Lipinski definition) is 5. The number of carboxylic acids is 1. The van der Waals surface area contributed by atoms with Gasteiger partial charge >= 0.3 is 12.1 Å². The molecule has 0 saturated heterocycles. The number of carboxylic acid groups (broad SMARTS) is 1. The van der Waals surface area contributed by atoms with Gasteiger partial charge in [0.05, 0.1) is 18.2 Å². The van der Waals surface area contributed by atoms with Crippen molar-refractivity contribution < 1.29 is 37.8 Å². The highest BCUT2D eigenvalue weighted by molar-refractivity contribution is 6.31. The number of aliphatic hydroxyl groups is 1. The van der Waals surface area contributed by atoms with Crippen LogP contribution in [0.4, 0.5) is 18.9 Å². The van der Waals surface area contributed by atoms with E-state index in [1.807, 2.05) is 0 Å². The third kappa shape index (κ3) is 5.68. The predicted molar refractivity (Wildman–Crippen MR) is 112 cm³/mol. The van der Waals surface area contributed by atoms with Crippen LogP contribution in [0.1, 0.15) is 22.3 Å². The Bertz CT molecular complexity index is 1110. The maximum atomic E-state index is 12.8. The summed E-state index contributed by atoms with van der Waals surface area (Å²) in [6.07, 6.45) is -7.62. The number of carbonyl (C=O) groups excluding carboxylic acids is 2. The van der Waals surface area contributed by atoms with Crippen molar-refractivity contribution in [3.8, 4) is 0 Å². The lowest BCUT2D eigenvalue weighted by Gasteiger charge is -2.22. The Morgan fingerprint density at radius 1 is 1.15 bits per heavy atom. The number of anilines is 1. The van der Waals surface area contributed by atoms with Crippen LogP contribution in [0.3, 0.4) is 0 Å². The zero-order valence-corrected chi connectivity index (χ0v) is 17.5. The summed E-state index contributed by atoms with van der Waals surface area (Å²) in [5.41, 5.74) is -0.675. The third-order valence-electron chi connectivity index (χ3n) is 4.83. The molecule has 174 valence electrons. The van der Waals surface area contributed by atoms with Gasteiger partial charge in [-0.05, 0) is 42.3 Å². The van der Waals surface area contributed by atoms with Crippen molar-refractivity contribution in [1.29, 1.82) is 0 Å². The predicted octanol–water partition coefficient (Wildman–Crippen LogP) is 2.78. The first-order valence-electron chi connectivity index (χ1n) is 9.50. The highest BCUT2D eigenvalue weighted by atomic mass is 35.5. The number of alkyl halides is 3. The summed E-state index contributed by atoms with van der Waals surface area (Å²) in [6, 6.07) is 10.2. The highest BCUT2D eigenvalue weighted by Gasteiger charge is 2.42. The van der Waals surface area contributed by atoms with Gasteiger partial charge in [0, 0.05) is 10.6 Å². The van der Waals surface area contributed by atoms with E-state index in [0.29, 0.717) is 15.6 Å². The Morgan fingerprint density at radius 2 is 1.79 bits per heavy atom. The lowest BCUT2D eigenvalue weighted by molar-refractivity contribution is -0.148. The zero-order chi connectivity index (χ0) is 24.3. The van der Waals surface area contributed by atoms with Gasteiger partial charge in [0.2, 0.25) is 0 Å². The number of carbonyl (C=O) groups is 3. The van der Waals surface area contributed by atoms with E-state index in [1.165, 1.54) is 24.3 Å². The Labute approximate surface area is 190 Å². The summed E-state index contributed by atoms with van der Waals surface area (Å²) in [4.78, 5) is 35.8. The van der Waals surface area contributed by atoms with E-state index in [1.54, 1.807) is 24.3 Å². The lowest BCUT2D eigenvalue weighted by atomic mass is 10.0. The topological polar surface area (TPSA) is 119 Å². The number of amides is 2. The van der Waals surface area contributed by atoms with E-state index >= 15 is 0 Å². The normalized spacial score (nSPS) is 15.7. The minimum absolute atomic E-state index is 0.0205. The van der Waals surface area contributed by atoms with Gasteiger partial charge in [-0.3, -0.25) is 9.59 Å². The number of benzene rings is 2. The molecule has 8 nitrogen and oxygen atoms in total. The number of nitrogens with zero attached hydrogens (tertiary/aromatic N) is 2. The molecule has 2 aromatic rings. The molecule has 0 aromatic heterocycles. The highest BCUT2D eigenvalue weighted by Crippen LogP contribution is 2.28. The minimum Gasteiger partial charge on any atom is -0.479 e. The van der Waals surface area contributed by atoms with E-state index in [0.717, 1.165) is 0 Å². The Kier molecular flexibility index (Phi) is 7.04. The number of hydrogen-bond donors (Lipinski definition) is 3. The van der Waals surface area contributed by atoms with Crippen molar-refractivity contribution in [1.82, 2.24) is 5.32 Å². The molecule has 0 saturated carbocycles. The van der Waals surface area contributed by atoms with Crippen molar-refractivity contribution in [3.63, 3.8) is 0 Å². The molecule has 0 spiro atoms. The molecular weight excluding hydrogens is 467 g/mol. The molecule has 1 aliphatic rings. The summed E-state index contributed by atoms with van der Waals surface area (Å²) in [6.45, 7) is 0. The first kappa shape index (κ1) is 24.2. The molecule has 2 aromatic carbocycles. The third-order valence-corrected chi connectivity index (χ3v) is 5.19. The summed E-state index contributed by atoms with van der Waals surface area (Å²) in [5.74, 6) is -3.16. The van der Waals surface area contributed by atoms with Crippen LogP contribution in [0, 0.1) is 0 Å². The van der Waals surface area contributed by atoms with Crippen LogP contribution in [0.25, 0.3) is 0 Å². The summed E-state index contributed by atoms with van der Waals surface area (Å²) < 4.78 is 38.4. The molecule has 2 atom stereocenters. The standard InChI is InChI=1S/C21H17ClF3N3O5/c22-14-4-2-1-3-12(14)9-15(18(30)20(32)33)26-19(31)11-5-7-13(8-6-11)28-17(29)10-16(27-28)21(23,24)25/h1-8,15,18,30H,9-10H2,(H,26,31)(H,32,33)/t15-,18-/m1/s1. The van der Waals surface area contributed by atoms with Gasteiger partial charge in [-0.25, -0.2) is 9.80 Å². The average molecular weight is 484 g/mol. The largest absolute Gasteiger partial charge is 0.479 e. The van der Waals surface area contributed by atoms with Crippen LogP contribution in [0.2, 0.25) is 5.02 Å². The van der Waals surface area contributed by atoms with Crippen LogP contribution in [0.15, 0.2) is 53.6 Å². The van der Waals surface area contributed by atoms with E-state index in [9.17, 15) is 37.8 Å². The molecular formula is C21H17ClF3N3O5. The fourth-order valence-electron chi connectivity index (χ4n) is 3.11. The number of aliphatic hydroxyl groups excluding tert-OH is 1. The summed E-state index contributed by atoms with van der Waals surface area (Å²) in [5, 5.41) is 25.9. The van der Waals surface area contributed by atoms with Crippen molar-refractivity contribution >= 4 is 40.8 Å². The molecule has 33 heavy (non-hydrogen) atoms. The molecule has 0 aliphatic carbocycles. The number of hydrazone groups is 1. The second kappa shape index (κ2) is 9.59. The zero-order valence-electron chi connectivity index (χ0n) is 16.7. The van der Waals surface area contributed by atoms with Crippen molar-refractivity contribution in [3.05, 3.63) is 64.7 Å². The molecule has 0 radical (unpaired) electrons. The fraction of sp³-hybridized carbons (Fsp3) is 0.238. The van der Waals surface area contributed by atoms with E-state index < -0.39 is 48.2 Å². The molecule has 0 fully saturated rings. The number of rotatable bonds is 7. The molecule has 1 aliphatic heterocycles. The van der Waals surface area contributed by atoms with Gasteiger partial charge in [-0.2, -0.15) is 18.3 Å². The second-order valence-electron chi connectivity index (χ2n) is 7.13. The van der Waals surface area contributed by atoms with Gasteiger partial charge in [-0.15, -0.1) is 0 Å². The Morgan fingerprint density at radius 3 is 2.33 bits per heavy atom. The quantitative estimate of drug-likeness (QED) is 0.559. The fourth-order valence-corrected chi connectivity index (χ4v) is 3.32. The molecule has 3 N–H and O–H groups in total. The minimum atomic E-state index is -4.73. The van der Waals surface area contributed by atoms with Crippen molar-refractivity contribution in [2.24, 2.45) is 5.10 Å². The number of halogens is 4. The molecule has 12 heteroatoms. The summed E-state index contributed by atoms with van der Waals surface area (Å²) >= 11 is 6.08. The molecule has 3 rings (SSSR count). The van der Waals surface area contributed by atoms with Gasteiger partial charge in [0.1, 0.15) is 0 Å².